The second kappa shape index (κ2) is 8.30. The average molecular weight is 477 g/mol. The standard InChI is InChI=1S/C27H22F3N3O2/c1-32-15-21(18-7-5-6-10-22(18)32)24-23(19-8-3-4-9-20(19)26(35)33(24)2)25(34)31-17-13-11-16(12-14-17)27(28,29)30/h3-15,23-24H,1-2H3,(H,31,34)/t23-,24+/m1/s1. The number of carbonyl (C=O) groups excluding carboxylic acids is 2. The second-order valence-electron chi connectivity index (χ2n) is 8.70. The molecule has 0 fully saturated rings. The highest BCUT2D eigenvalue weighted by Crippen LogP contribution is 2.45. The molecule has 0 saturated heterocycles. The molecule has 3 aromatic carbocycles. The minimum atomic E-state index is -4.46. The summed E-state index contributed by atoms with van der Waals surface area (Å²) in [6.45, 7) is 0. The van der Waals surface area contributed by atoms with Crippen LogP contribution >= 0.6 is 0 Å². The highest BCUT2D eigenvalue weighted by Gasteiger charge is 2.43. The van der Waals surface area contributed by atoms with Crippen LogP contribution in [0.3, 0.4) is 0 Å². The first-order chi connectivity index (χ1) is 16.7. The molecule has 0 spiro atoms. The van der Waals surface area contributed by atoms with Crippen molar-refractivity contribution in [1.82, 2.24) is 9.47 Å². The molecule has 35 heavy (non-hydrogen) atoms. The van der Waals surface area contributed by atoms with Crippen LogP contribution in [0.1, 0.15) is 39.0 Å². The number of anilines is 1. The number of hydrogen-bond acceptors (Lipinski definition) is 2. The Morgan fingerprint density at radius 1 is 0.886 bits per heavy atom. The molecule has 5 nitrogen and oxygen atoms in total. The number of alkyl halides is 3. The zero-order valence-corrected chi connectivity index (χ0v) is 19.0. The van der Waals surface area contributed by atoms with Crippen molar-refractivity contribution in [3.63, 3.8) is 0 Å². The van der Waals surface area contributed by atoms with Crippen molar-refractivity contribution in [1.29, 1.82) is 0 Å². The van der Waals surface area contributed by atoms with Gasteiger partial charge in [0.15, 0.2) is 0 Å². The van der Waals surface area contributed by atoms with Crippen molar-refractivity contribution in [2.75, 3.05) is 12.4 Å². The topological polar surface area (TPSA) is 54.3 Å². The summed E-state index contributed by atoms with van der Waals surface area (Å²) in [6, 6.07) is 18.4. The molecular weight excluding hydrogens is 455 g/mol. The van der Waals surface area contributed by atoms with E-state index < -0.39 is 29.6 Å². The molecule has 1 aromatic heterocycles. The molecule has 4 aromatic rings. The fraction of sp³-hybridized carbons (Fsp3) is 0.185. The number of likely N-dealkylation sites (N-methyl/N-ethyl adjacent to an activating group) is 1. The van der Waals surface area contributed by atoms with Crippen LogP contribution in [-0.4, -0.2) is 28.3 Å². The molecule has 2 heterocycles. The number of aromatic nitrogens is 1. The summed E-state index contributed by atoms with van der Waals surface area (Å²) < 4.78 is 40.8. The first-order valence-electron chi connectivity index (χ1n) is 11.0. The van der Waals surface area contributed by atoms with E-state index >= 15 is 0 Å². The van der Waals surface area contributed by atoms with E-state index in [-0.39, 0.29) is 11.6 Å². The van der Waals surface area contributed by atoms with Gasteiger partial charge < -0.3 is 14.8 Å². The van der Waals surface area contributed by atoms with Crippen molar-refractivity contribution >= 4 is 28.4 Å². The van der Waals surface area contributed by atoms with Crippen LogP contribution in [0, 0.1) is 0 Å². The number of aryl methyl sites for hydroxylation is 1. The van der Waals surface area contributed by atoms with Crippen LogP contribution in [0.2, 0.25) is 0 Å². The predicted octanol–water partition coefficient (Wildman–Crippen LogP) is 5.75. The number of rotatable bonds is 3. The zero-order chi connectivity index (χ0) is 24.9. The van der Waals surface area contributed by atoms with Gasteiger partial charge in [0.1, 0.15) is 0 Å². The Balaban J connectivity index is 1.60. The Morgan fingerprint density at radius 3 is 2.26 bits per heavy atom. The Hall–Kier alpha value is -4.07. The number of nitrogens with one attached hydrogen (secondary N) is 1. The molecule has 5 rings (SSSR count). The van der Waals surface area contributed by atoms with Crippen molar-refractivity contribution in [3.05, 3.63) is 101 Å². The number of hydrogen-bond donors (Lipinski definition) is 1. The third-order valence-electron chi connectivity index (χ3n) is 6.59. The summed E-state index contributed by atoms with van der Waals surface area (Å²) >= 11 is 0. The Morgan fingerprint density at radius 2 is 1.54 bits per heavy atom. The highest BCUT2D eigenvalue weighted by molar-refractivity contribution is 6.05. The van der Waals surface area contributed by atoms with Crippen molar-refractivity contribution in [2.24, 2.45) is 7.05 Å². The van der Waals surface area contributed by atoms with Gasteiger partial charge in [0.05, 0.1) is 17.5 Å². The van der Waals surface area contributed by atoms with Crippen molar-refractivity contribution < 1.29 is 22.8 Å². The Kier molecular flexibility index (Phi) is 5.39. The molecule has 1 aliphatic heterocycles. The maximum Gasteiger partial charge on any atom is 0.416 e. The number of halogens is 3. The molecule has 0 unspecified atom stereocenters. The minimum absolute atomic E-state index is 0.197. The second-order valence-corrected chi connectivity index (χ2v) is 8.70. The van der Waals surface area contributed by atoms with E-state index in [4.69, 9.17) is 0 Å². The van der Waals surface area contributed by atoms with Crippen LogP contribution in [0.4, 0.5) is 18.9 Å². The number of para-hydroxylation sites is 1. The van der Waals surface area contributed by atoms with Gasteiger partial charge in [-0.1, -0.05) is 36.4 Å². The molecule has 0 radical (unpaired) electrons. The SMILES string of the molecule is CN1C(=O)c2ccccc2[C@@H](C(=O)Nc2ccc(C(F)(F)F)cc2)[C@@H]1c1cn(C)c2ccccc12. The van der Waals surface area contributed by atoms with Gasteiger partial charge in [-0.15, -0.1) is 0 Å². The van der Waals surface area contributed by atoms with E-state index in [0.717, 1.165) is 28.6 Å². The number of benzene rings is 3. The van der Waals surface area contributed by atoms with E-state index in [9.17, 15) is 22.8 Å². The molecule has 8 heteroatoms. The molecule has 0 bridgehead atoms. The first kappa shape index (κ1) is 22.7. The average Bonchev–Trinajstić information content (AvgIpc) is 3.17. The molecular formula is C27H22F3N3O2. The van der Waals surface area contributed by atoms with E-state index in [1.807, 2.05) is 42.1 Å². The molecule has 0 aliphatic carbocycles. The fourth-order valence-electron chi connectivity index (χ4n) is 4.92. The summed E-state index contributed by atoms with van der Waals surface area (Å²) in [4.78, 5) is 28.6. The lowest BCUT2D eigenvalue weighted by Gasteiger charge is -2.39. The zero-order valence-electron chi connectivity index (χ0n) is 19.0. The summed E-state index contributed by atoms with van der Waals surface area (Å²) in [5.74, 6) is -1.38. The largest absolute Gasteiger partial charge is 0.416 e. The van der Waals surface area contributed by atoms with Crippen LogP contribution in [0.5, 0.6) is 0 Å². The molecule has 2 atom stereocenters. The van der Waals surface area contributed by atoms with Gasteiger partial charge in [0.2, 0.25) is 5.91 Å². The maximum atomic E-state index is 13.7. The number of carbonyl (C=O) groups is 2. The maximum absolute atomic E-state index is 13.7. The lowest BCUT2D eigenvalue weighted by atomic mass is 9.79. The Labute approximate surface area is 199 Å². The van der Waals surface area contributed by atoms with Gasteiger partial charge in [-0.05, 0) is 42.0 Å². The minimum Gasteiger partial charge on any atom is -0.350 e. The smallest absolute Gasteiger partial charge is 0.350 e. The molecule has 178 valence electrons. The normalized spacial score (nSPS) is 18.0. The van der Waals surface area contributed by atoms with E-state index in [1.165, 1.54) is 12.1 Å². The van der Waals surface area contributed by atoms with Gasteiger partial charge >= 0.3 is 6.18 Å². The summed E-state index contributed by atoms with van der Waals surface area (Å²) in [5.41, 5.74) is 2.25. The van der Waals surface area contributed by atoms with Gasteiger partial charge in [-0.25, -0.2) is 0 Å². The van der Waals surface area contributed by atoms with Crippen LogP contribution in [0.25, 0.3) is 10.9 Å². The van der Waals surface area contributed by atoms with E-state index in [0.29, 0.717) is 11.1 Å². The molecule has 0 saturated carbocycles. The summed E-state index contributed by atoms with van der Waals surface area (Å²) in [7, 11) is 3.57. The number of amides is 2. The number of nitrogens with zero attached hydrogens (tertiary/aromatic N) is 2. The van der Waals surface area contributed by atoms with Crippen LogP contribution in [-0.2, 0) is 18.0 Å². The van der Waals surface area contributed by atoms with Crippen LogP contribution < -0.4 is 5.32 Å². The summed E-state index contributed by atoms with van der Waals surface area (Å²) in [6.07, 6.45) is -2.54. The van der Waals surface area contributed by atoms with Gasteiger partial charge in [0, 0.05) is 48.0 Å². The lowest BCUT2D eigenvalue weighted by Crippen LogP contribution is -2.44. The third-order valence-corrected chi connectivity index (χ3v) is 6.59. The van der Waals surface area contributed by atoms with Gasteiger partial charge in [-0.2, -0.15) is 13.2 Å². The summed E-state index contributed by atoms with van der Waals surface area (Å²) in [5, 5.41) is 3.69. The molecule has 1 aliphatic rings. The molecule has 1 N–H and O–H groups in total. The fourth-order valence-corrected chi connectivity index (χ4v) is 4.92. The lowest BCUT2D eigenvalue weighted by molar-refractivity contribution is -0.137. The number of fused-ring (bicyclic) bond motifs is 2. The molecule has 2 amide bonds. The third kappa shape index (κ3) is 3.84. The monoisotopic (exact) mass is 477 g/mol. The quantitative estimate of drug-likeness (QED) is 0.409. The van der Waals surface area contributed by atoms with Crippen LogP contribution in [0.15, 0.2) is 79.0 Å². The van der Waals surface area contributed by atoms with E-state index in [2.05, 4.69) is 5.32 Å². The Bertz CT molecular complexity index is 1440. The van der Waals surface area contributed by atoms with E-state index in [1.54, 1.807) is 36.2 Å². The first-order valence-corrected chi connectivity index (χ1v) is 11.0. The van der Waals surface area contributed by atoms with Gasteiger partial charge in [0.25, 0.3) is 5.91 Å². The predicted molar refractivity (Wildman–Crippen MR) is 127 cm³/mol. The van der Waals surface area contributed by atoms with Crippen molar-refractivity contribution in [2.45, 2.75) is 18.1 Å². The highest BCUT2D eigenvalue weighted by atomic mass is 19.4. The van der Waals surface area contributed by atoms with Gasteiger partial charge in [-0.3, -0.25) is 9.59 Å². The van der Waals surface area contributed by atoms with Crippen molar-refractivity contribution in [3.8, 4) is 0 Å².